The molecule has 0 bridgehead atoms. The van der Waals surface area contributed by atoms with Gasteiger partial charge in [-0.1, -0.05) is 30.3 Å². The number of nitrogens with one attached hydrogen (secondary N) is 1. The number of alkyl halides is 3. The SMILES string of the molecule is CC(=O)NCCn1cnc(-c2ccccc2)c1-c1ccc(C(F)(F)F)nc1. The monoisotopic (exact) mass is 374 g/mol. The Hall–Kier alpha value is -3.16. The quantitative estimate of drug-likeness (QED) is 0.740. The van der Waals surface area contributed by atoms with Crippen molar-refractivity contribution >= 4 is 5.91 Å². The standard InChI is InChI=1S/C19H17F3N4O/c1-13(27)23-9-10-26-12-25-17(14-5-3-2-4-6-14)18(26)15-7-8-16(24-11-15)19(20,21)22/h2-8,11-12H,9-10H2,1H3,(H,23,27). The zero-order valence-corrected chi connectivity index (χ0v) is 14.5. The zero-order valence-electron chi connectivity index (χ0n) is 14.5. The summed E-state index contributed by atoms with van der Waals surface area (Å²) in [4.78, 5) is 19.1. The number of carbonyl (C=O) groups excluding carboxylic acids is 1. The number of halogens is 3. The maximum Gasteiger partial charge on any atom is 0.433 e. The molecule has 0 unspecified atom stereocenters. The summed E-state index contributed by atoms with van der Waals surface area (Å²) < 4.78 is 40.2. The van der Waals surface area contributed by atoms with E-state index in [-0.39, 0.29) is 5.91 Å². The molecule has 0 radical (unpaired) electrons. The number of pyridine rings is 1. The smallest absolute Gasteiger partial charge is 0.355 e. The molecule has 0 aliphatic carbocycles. The molecule has 2 aromatic heterocycles. The average molecular weight is 374 g/mol. The van der Waals surface area contributed by atoms with Crippen LogP contribution in [0.25, 0.3) is 22.5 Å². The van der Waals surface area contributed by atoms with Crippen LogP contribution in [0.4, 0.5) is 13.2 Å². The van der Waals surface area contributed by atoms with E-state index in [1.54, 1.807) is 10.9 Å². The maximum absolute atomic E-state index is 12.8. The second-order valence-electron chi connectivity index (χ2n) is 5.91. The molecule has 8 heteroatoms. The molecule has 0 fully saturated rings. The first-order chi connectivity index (χ1) is 12.9. The minimum absolute atomic E-state index is 0.156. The summed E-state index contributed by atoms with van der Waals surface area (Å²) in [6, 6.07) is 11.7. The Bertz CT molecular complexity index is 918. The lowest BCUT2D eigenvalue weighted by Gasteiger charge is -2.12. The lowest BCUT2D eigenvalue weighted by molar-refractivity contribution is -0.141. The minimum atomic E-state index is -4.49. The third kappa shape index (κ3) is 4.33. The fourth-order valence-electron chi connectivity index (χ4n) is 2.72. The summed E-state index contributed by atoms with van der Waals surface area (Å²) in [5.74, 6) is -0.156. The van der Waals surface area contributed by atoms with Gasteiger partial charge in [0.2, 0.25) is 5.91 Å². The number of hydrogen-bond donors (Lipinski definition) is 1. The van der Waals surface area contributed by atoms with Gasteiger partial charge >= 0.3 is 6.18 Å². The molecular formula is C19H17F3N4O. The second-order valence-corrected chi connectivity index (χ2v) is 5.91. The number of carbonyl (C=O) groups is 1. The van der Waals surface area contributed by atoms with Crippen molar-refractivity contribution in [3.8, 4) is 22.5 Å². The van der Waals surface area contributed by atoms with Gasteiger partial charge in [0.1, 0.15) is 5.69 Å². The van der Waals surface area contributed by atoms with Crippen LogP contribution in [-0.4, -0.2) is 27.0 Å². The van der Waals surface area contributed by atoms with Gasteiger partial charge < -0.3 is 9.88 Å². The highest BCUT2D eigenvalue weighted by Gasteiger charge is 2.32. The topological polar surface area (TPSA) is 59.8 Å². The average Bonchev–Trinajstić information content (AvgIpc) is 3.05. The predicted octanol–water partition coefficient (Wildman–Crippen LogP) is 3.77. The Kier molecular flexibility index (Phi) is 5.25. The summed E-state index contributed by atoms with van der Waals surface area (Å²) in [5.41, 5.74) is 1.69. The molecule has 1 aromatic carbocycles. The molecule has 27 heavy (non-hydrogen) atoms. The van der Waals surface area contributed by atoms with Crippen LogP contribution in [0.5, 0.6) is 0 Å². The number of imidazole rings is 1. The maximum atomic E-state index is 12.8. The van der Waals surface area contributed by atoms with Crippen LogP contribution in [-0.2, 0) is 17.5 Å². The van der Waals surface area contributed by atoms with E-state index in [0.29, 0.717) is 30.0 Å². The Morgan fingerprint density at radius 3 is 2.41 bits per heavy atom. The molecule has 3 rings (SSSR count). The van der Waals surface area contributed by atoms with E-state index < -0.39 is 11.9 Å². The van der Waals surface area contributed by atoms with E-state index in [1.165, 1.54) is 19.2 Å². The molecule has 0 atom stereocenters. The van der Waals surface area contributed by atoms with E-state index in [0.717, 1.165) is 11.6 Å². The van der Waals surface area contributed by atoms with Crippen LogP contribution in [0, 0.1) is 0 Å². The largest absolute Gasteiger partial charge is 0.433 e. The fraction of sp³-hybridized carbons (Fsp3) is 0.211. The molecule has 0 saturated heterocycles. The van der Waals surface area contributed by atoms with Crippen LogP contribution >= 0.6 is 0 Å². The van der Waals surface area contributed by atoms with Gasteiger partial charge in [-0.05, 0) is 12.1 Å². The molecule has 1 N–H and O–H groups in total. The van der Waals surface area contributed by atoms with Gasteiger partial charge in [-0.3, -0.25) is 9.78 Å². The van der Waals surface area contributed by atoms with Crippen LogP contribution < -0.4 is 5.32 Å². The van der Waals surface area contributed by atoms with Crippen LogP contribution in [0.3, 0.4) is 0 Å². The van der Waals surface area contributed by atoms with Crippen LogP contribution in [0.15, 0.2) is 55.0 Å². The second kappa shape index (κ2) is 7.61. The highest BCUT2D eigenvalue weighted by atomic mass is 19.4. The molecule has 0 aliphatic heterocycles. The van der Waals surface area contributed by atoms with Gasteiger partial charge in [-0.15, -0.1) is 0 Å². The number of aromatic nitrogens is 3. The Morgan fingerprint density at radius 1 is 1.07 bits per heavy atom. The summed E-state index contributed by atoms with van der Waals surface area (Å²) in [5, 5.41) is 2.70. The summed E-state index contributed by atoms with van der Waals surface area (Å²) in [6.45, 7) is 2.22. The number of amides is 1. The van der Waals surface area contributed by atoms with Gasteiger partial charge in [0, 0.05) is 37.3 Å². The highest BCUT2D eigenvalue weighted by molar-refractivity contribution is 5.78. The number of nitrogens with zero attached hydrogens (tertiary/aromatic N) is 3. The van der Waals surface area contributed by atoms with Crippen LogP contribution in [0.2, 0.25) is 0 Å². The molecule has 0 aliphatic rings. The van der Waals surface area contributed by atoms with E-state index in [1.807, 2.05) is 30.3 Å². The van der Waals surface area contributed by atoms with Crippen LogP contribution in [0.1, 0.15) is 12.6 Å². The van der Waals surface area contributed by atoms with E-state index >= 15 is 0 Å². The Balaban J connectivity index is 2.02. The summed E-state index contributed by atoms with van der Waals surface area (Å²) >= 11 is 0. The van der Waals surface area contributed by atoms with Crippen molar-refractivity contribution in [2.75, 3.05) is 6.54 Å². The first-order valence-electron chi connectivity index (χ1n) is 8.25. The number of hydrogen-bond acceptors (Lipinski definition) is 3. The number of rotatable bonds is 5. The first-order valence-corrected chi connectivity index (χ1v) is 8.25. The molecule has 140 valence electrons. The van der Waals surface area contributed by atoms with E-state index in [4.69, 9.17) is 0 Å². The van der Waals surface area contributed by atoms with Crippen molar-refractivity contribution in [3.63, 3.8) is 0 Å². The van der Waals surface area contributed by atoms with Gasteiger partial charge in [0.15, 0.2) is 0 Å². The summed E-state index contributed by atoms with van der Waals surface area (Å²) in [7, 11) is 0. The zero-order chi connectivity index (χ0) is 19.4. The van der Waals surface area contributed by atoms with Crippen molar-refractivity contribution in [1.29, 1.82) is 0 Å². The lowest BCUT2D eigenvalue weighted by Crippen LogP contribution is -2.24. The normalized spacial score (nSPS) is 11.4. The first kappa shape index (κ1) is 18.6. The van der Waals surface area contributed by atoms with E-state index in [2.05, 4.69) is 15.3 Å². The van der Waals surface area contributed by atoms with Crippen molar-refractivity contribution in [2.24, 2.45) is 0 Å². The molecule has 0 spiro atoms. The molecule has 5 nitrogen and oxygen atoms in total. The molecule has 3 aromatic rings. The third-order valence-corrected chi connectivity index (χ3v) is 3.94. The van der Waals surface area contributed by atoms with Crippen molar-refractivity contribution in [3.05, 3.63) is 60.7 Å². The molecule has 0 saturated carbocycles. The molecule has 2 heterocycles. The lowest BCUT2D eigenvalue weighted by atomic mass is 10.1. The van der Waals surface area contributed by atoms with Gasteiger partial charge in [0.25, 0.3) is 0 Å². The van der Waals surface area contributed by atoms with Crippen molar-refractivity contribution in [1.82, 2.24) is 19.9 Å². The number of benzene rings is 1. The summed E-state index contributed by atoms with van der Waals surface area (Å²) in [6.07, 6.45) is -1.69. The fourth-order valence-corrected chi connectivity index (χ4v) is 2.72. The van der Waals surface area contributed by atoms with Gasteiger partial charge in [-0.2, -0.15) is 13.2 Å². The highest BCUT2D eigenvalue weighted by Crippen LogP contribution is 2.33. The predicted molar refractivity (Wildman–Crippen MR) is 94.6 cm³/mol. The Labute approximate surface area is 153 Å². The molecular weight excluding hydrogens is 357 g/mol. The molecule has 1 amide bonds. The minimum Gasteiger partial charge on any atom is -0.355 e. The van der Waals surface area contributed by atoms with E-state index in [9.17, 15) is 18.0 Å². The van der Waals surface area contributed by atoms with Crippen molar-refractivity contribution < 1.29 is 18.0 Å². The van der Waals surface area contributed by atoms with Gasteiger partial charge in [0.05, 0.1) is 17.7 Å². The third-order valence-electron chi connectivity index (χ3n) is 3.94. The Morgan fingerprint density at radius 2 is 1.81 bits per heavy atom. The van der Waals surface area contributed by atoms with Gasteiger partial charge in [-0.25, -0.2) is 4.98 Å². The van der Waals surface area contributed by atoms with Crippen molar-refractivity contribution in [2.45, 2.75) is 19.6 Å².